The van der Waals surface area contributed by atoms with Crippen molar-refractivity contribution < 1.29 is 19.4 Å². The first-order valence-electron chi connectivity index (χ1n) is 12.8. The summed E-state index contributed by atoms with van der Waals surface area (Å²) in [6, 6.07) is 1.75. The number of amides is 1. The molecule has 2 aliphatic rings. The number of carbonyl (C=O) groups is 2. The van der Waals surface area contributed by atoms with Crippen LogP contribution < -0.4 is 9.64 Å². The van der Waals surface area contributed by atoms with Crippen molar-refractivity contribution in [2.45, 2.75) is 91.2 Å². The molecule has 0 spiro atoms. The van der Waals surface area contributed by atoms with Crippen LogP contribution in [-0.4, -0.2) is 39.3 Å². The van der Waals surface area contributed by atoms with Gasteiger partial charge in [0.15, 0.2) is 0 Å². The van der Waals surface area contributed by atoms with Gasteiger partial charge in [-0.15, -0.1) is 21.5 Å². The molecule has 2 aromatic rings. The minimum Gasteiger partial charge on any atom is -0.477 e. The van der Waals surface area contributed by atoms with E-state index in [1.54, 1.807) is 5.51 Å². The normalized spacial score (nSPS) is 24.4. The number of nitrogens with zero attached hydrogens (tertiary/aromatic N) is 3. The zero-order chi connectivity index (χ0) is 25.9. The summed E-state index contributed by atoms with van der Waals surface area (Å²) in [6.45, 7) is 8.30. The maximum Gasteiger partial charge on any atom is 0.348 e. The summed E-state index contributed by atoms with van der Waals surface area (Å²) in [5.41, 5.74) is 1.95. The smallest absolute Gasteiger partial charge is 0.348 e. The third-order valence-electron chi connectivity index (χ3n) is 6.95. The first kappa shape index (κ1) is 26.6. The Kier molecular flexibility index (Phi) is 8.36. The lowest BCUT2D eigenvalue weighted by Gasteiger charge is -2.39. The van der Waals surface area contributed by atoms with Crippen molar-refractivity contribution in [1.82, 2.24) is 10.2 Å². The van der Waals surface area contributed by atoms with Crippen LogP contribution in [0.1, 0.15) is 93.6 Å². The monoisotopic (exact) mass is 529 g/mol. The lowest BCUT2D eigenvalue weighted by atomic mass is 9.81. The zero-order valence-corrected chi connectivity index (χ0v) is 23.1. The van der Waals surface area contributed by atoms with E-state index in [2.05, 4.69) is 29.0 Å². The predicted molar refractivity (Wildman–Crippen MR) is 143 cm³/mol. The number of thiophene rings is 1. The van der Waals surface area contributed by atoms with Crippen molar-refractivity contribution in [2.24, 2.45) is 17.3 Å². The highest BCUT2D eigenvalue weighted by Crippen LogP contribution is 2.39. The SMILES string of the molecule is CC1CCC(C(=O)N(c2cc(C#CC(C)(C)C)sc2C(=O)O)C2CCC(Oc3nncs3)CC2)CC1. The number of anilines is 1. The van der Waals surface area contributed by atoms with E-state index >= 15 is 0 Å². The molecular formula is C27H35N3O4S2. The van der Waals surface area contributed by atoms with E-state index in [9.17, 15) is 14.7 Å². The Morgan fingerprint density at radius 3 is 2.39 bits per heavy atom. The number of hydrogen-bond donors (Lipinski definition) is 1. The van der Waals surface area contributed by atoms with Crippen LogP contribution in [-0.2, 0) is 4.79 Å². The van der Waals surface area contributed by atoms with E-state index in [1.807, 2.05) is 31.7 Å². The van der Waals surface area contributed by atoms with Crippen molar-refractivity contribution in [3.8, 4) is 17.0 Å². The van der Waals surface area contributed by atoms with Gasteiger partial charge in [0, 0.05) is 17.4 Å². The Labute approximate surface area is 221 Å². The number of carboxylic acids is 1. The average molecular weight is 530 g/mol. The van der Waals surface area contributed by atoms with Gasteiger partial charge in [-0.25, -0.2) is 4.79 Å². The summed E-state index contributed by atoms with van der Waals surface area (Å²) in [5.74, 6) is 5.96. The number of ether oxygens (including phenoxy) is 1. The number of carboxylic acid groups (broad SMARTS) is 1. The fourth-order valence-electron chi connectivity index (χ4n) is 5.00. The van der Waals surface area contributed by atoms with E-state index in [1.165, 1.54) is 11.3 Å². The van der Waals surface area contributed by atoms with Gasteiger partial charge in [0.1, 0.15) is 16.5 Å². The van der Waals surface area contributed by atoms with Crippen molar-refractivity contribution >= 4 is 40.2 Å². The molecule has 2 aliphatic carbocycles. The Bertz CT molecular complexity index is 1110. The summed E-state index contributed by atoms with van der Waals surface area (Å²) in [6.07, 6.45) is 6.85. The molecule has 36 heavy (non-hydrogen) atoms. The first-order valence-corrected chi connectivity index (χ1v) is 14.5. The molecular weight excluding hydrogens is 494 g/mol. The number of hydrogen-bond acceptors (Lipinski definition) is 7. The Morgan fingerprint density at radius 2 is 1.81 bits per heavy atom. The second-order valence-electron chi connectivity index (χ2n) is 11.0. The van der Waals surface area contributed by atoms with Gasteiger partial charge in [-0.1, -0.05) is 30.1 Å². The molecule has 0 aromatic carbocycles. The summed E-state index contributed by atoms with van der Waals surface area (Å²) in [4.78, 5) is 29.0. The summed E-state index contributed by atoms with van der Waals surface area (Å²) in [5, 5.41) is 18.4. The molecule has 0 atom stereocenters. The van der Waals surface area contributed by atoms with Crippen molar-refractivity contribution in [3.63, 3.8) is 0 Å². The van der Waals surface area contributed by atoms with Gasteiger partial charge < -0.3 is 14.7 Å². The van der Waals surface area contributed by atoms with E-state index in [0.29, 0.717) is 21.7 Å². The first-order chi connectivity index (χ1) is 17.1. The van der Waals surface area contributed by atoms with Gasteiger partial charge in [0.05, 0.1) is 10.6 Å². The molecule has 4 rings (SSSR count). The Morgan fingerprint density at radius 1 is 1.11 bits per heavy atom. The summed E-state index contributed by atoms with van der Waals surface area (Å²) < 4.78 is 5.98. The molecule has 0 aliphatic heterocycles. The molecule has 9 heteroatoms. The third kappa shape index (κ3) is 6.65. The highest BCUT2D eigenvalue weighted by atomic mass is 32.1. The van der Waals surface area contributed by atoms with Gasteiger partial charge in [0.25, 0.3) is 5.19 Å². The molecule has 1 amide bonds. The van der Waals surface area contributed by atoms with Crippen LogP contribution in [0, 0.1) is 29.1 Å². The molecule has 194 valence electrons. The standard InChI is InChI=1S/C27H35N3O4S2/c1-17-5-7-18(8-6-17)24(31)30(19-9-11-20(12-10-19)34-26-29-28-16-35-26)22-15-21(13-14-27(2,3)4)36-23(22)25(32)33/h15-20H,5-12H2,1-4H3,(H,32,33). The fourth-order valence-corrected chi connectivity index (χ4v) is 6.31. The van der Waals surface area contributed by atoms with E-state index < -0.39 is 5.97 Å². The number of carbonyl (C=O) groups excluding carboxylic acids is 1. The quantitative estimate of drug-likeness (QED) is 0.445. The summed E-state index contributed by atoms with van der Waals surface area (Å²) >= 11 is 2.54. The van der Waals surface area contributed by atoms with Gasteiger partial charge in [0.2, 0.25) is 5.91 Å². The van der Waals surface area contributed by atoms with Crippen LogP contribution in [0.3, 0.4) is 0 Å². The topological polar surface area (TPSA) is 92.6 Å². The Hall–Kier alpha value is -2.44. The predicted octanol–water partition coefficient (Wildman–Crippen LogP) is 6.24. The van der Waals surface area contributed by atoms with E-state index in [4.69, 9.17) is 4.74 Å². The van der Waals surface area contributed by atoms with Crippen LogP contribution in [0.2, 0.25) is 0 Å². The minimum absolute atomic E-state index is 0.0244. The fraction of sp³-hybridized carbons (Fsp3) is 0.630. The average Bonchev–Trinajstić information content (AvgIpc) is 3.49. The lowest BCUT2D eigenvalue weighted by Crippen LogP contribution is -2.47. The lowest BCUT2D eigenvalue weighted by molar-refractivity contribution is -0.124. The number of aromatic carboxylic acids is 1. The second-order valence-corrected chi connectivity index (χ2v) is 12.9. The molecule has 0 bridgehead atoms. The van der Waals surface area contributed by atoms with Crippen LogP contribution in [0.15, 0.2) is 11.6 Å². The molecule has 1 N–H and O–H groups in total. The summed E-state index contributed by atoms with van der Waals surface area (Å²) in [7, 11) is 0. The molecule has 0 saturated heterocycles. The van der Waals surface area contributed by atoms with Crippen molar-refractivity contribution in [3.05, 3.63) is 21.3 Å². The van der Waals surface area contributed by atoms with Gasteiger partial charge in [-0.2, -0.15) is 0 Å². The molecule has 7 nitrogen and oxygen atoms in total. The van der Waals surface area contributed by atoms with Gasteiger partial charge in [-0.3, -0.25) is 4.79 Å². The van der Waals surface area contributed by atoms with Gasteiger partial charge in [-0.05, 0) is 84.1 Å². The third-order valence-corrected chi connectivity index (χ3v) is 8.55. The van der Waals surface area contributed by atoms with Crippen molar-refractivity contribution in [1.29, 1.82) is 0 Å². The second kappa shape index (κ2) is 11.3. The molecule has 2 aromatic heterocycles. The maximum absolute atomic E-state index is 14.0. The molecule has 0 unspecified atom stereocenters. The van der Waals surface area contributed by atoms with Crippen LogP contribution in [0.25, 0.3) is 0 Å². The van der Waals surface area contributed by atoms with E-state index in [-0.39, 0.29) is 34.3 Å². The van der Waals surface area contributed by atoms with Crippen LogP contribution in [0.4, 0.5) is 5.69 Å². The van der Waals surface area contributed by atoms with Crippen LogP contribution >= 0.6 is 22.7 Å². The maximum atomic E-state index is 14.0. The largest absolute Gasteiger partial charge is 0.477 e. The molecule has 0 radical (unpaired) electrons. The van der Waals surface area contributed by atoms with E-state index in [0.717, 1.165) is 62.7 Å². The zero-order valence-electron chi connectivity index (χ0n) is 21.5. The van der Waals surface area contributed by atoms with Crippen LogP contribution in [0.5, 0.6) is 5.19 Å². The minimum atomic E-state index is -1.01. The Balaban J connectivity index is 1.62. The molecule has 2 heterocycles. The van der Waals surface area contributed by atoms with Gasteiger partial charge >= 0.3 is 5.97 Å². The van der Waals surface area contributed by atoms with Crippen molar-refractivity contribution in [2.75, 3.05) is 4.90 Å². The number of rotatable bonds is 6. The highest BCUT2D eigenvalue weighted by molar-refractivity contribution is 7.15. The molecule has 2 saturated carbocycles. The molecule has 2 fully saturated rings. The highest BCUT2D eigenvalue weighted by Gasteiger charge is 2.38. The number of aromatic nitrogens is 2.